The Morgan fingerprint density at radius 2 is 2.11 bits per heavy atom. The molecule has 1 aliphatic rings. The molecule has 1 unspecified atom stereocenters. The lowest BCUT2D eigenvalue weighted by atomic mass is 10.1. The monoisotopic (exact) mass is 258 g/mol. The van der Waals surface area contributed by atoms with Crippen LogP contribution in [0.1, 0.15) is 33.6 Å². The maximum Gasteiger partial charge on any atom is 0.252 e. The number of hydrogen-bond donors (Lipinski definition) is 1. The number of methoxy groups -OCH3 is 1. The number of hydrogen-bond acceptors (Lipinski definition) is 4. The summed E-state index contributed by atoms with van der Waals surface area (Å²) in [5.74, 6) is 0.0600. The zero-order valence-corrected chi connectivity index (χ0v) is 11.9. The Bertz CT molecular complexity index is 271. The third-order valence-electron chi connectivity index (χ3n) is 3.41. The Kier molecular flexibility index (Phi) is 6.05. The molecule has 0 radical (unpaired) electrons. The Labute approximate surface area is 110 Å². The van der Waals surface area contributed by atoms with E-state index in [1.165, 1.54) is 0 Å². The first kappa shape index (κ1) is 15.4. The van der Waals surface area contributed by atoms with Gasteiger partial charge in [-0.05, 0) is 33.6 Å². The van der Waals surface area contributed by atoms with Gasteiger partial charge in [-0.25, -0.2) is 0 Å². The van der Waals surface area contributed by atoms with Crippen molar-refractivity contribution >= 4 is 5.91 Å². The SMILES string of the molecule is COC(C)CN(C(=O)[C@@H]1CC[C@H](CN)O1)C(C)C. The molecule has 5 heteroatoms. The highest BCUT2D eigenvalue weighted by atomic mass is 16.5. The molecule has 1 heterocycles. The fourth-order valence-electron chi connectivity index (χ4n) is 2.15. The van der Waals surface area contributed by atoms with E-state index in [0.29, 0.717) is 13.1 Å². The Morgan fingerprint density at radius 3 is 2.56 bits per heavy atom. The normalized spacial score (nSPS) is 25.4. The highest BCUT2D eigenvalue weighted by Crippen LogP contribution is 2.21. The number of rotatable bonds is 6. The van der Waals surface area contributed by atoms with Crippen molar-refractivity contribution < 1.29 is 14.3 Å². The van der Waals surface area contributed by atoms with Crippen molar-refractivity contribution in [3.8, 4) is 0 Å². The lowest BCUT2D eigenvalue weighted by Gasteiger charge is -2.31. The highest BCUT2D eigenvalue weighted by molar-refractivity contribution is 5.81. The molecule has 1 saturated heterocycles. The minimum atomic E-state index is -0.329. The van der Waals surface area contributed by atoms with Crippen molar-refractivity contribution in [2.45, 2.75) is 58.0 Å². The molecule has 1 rings (SSSR count). The fraction of sp³-hybridized carbons (Fsp3) is 0.923. The van der Waals surface area contributed by atoms with E-state index in [1.54, 1.807) is 7.11 Å². The summed E-state index contributed by atoms with van der Waals surface area (Å²) in [6, 6.07) is 0.149. The van der Waals surface area contributed by atoms with Gasteiger partial charge in [0.15, 0.2) is 0 Å². The Morgan fingerprint density at radius 1 is 1.44 bits per heavy atom. The summed E-state index contributed by atoms with van der Waals surface area (Å²) in [6.45, 7) is 7.06. The summed E-state index contributed by atoms with van der Waals surface area (Å²) in [5, 5.41) is 0. The van der Waals surface area contributed by atoms with Gasteiger partial charge in [0.2, 0.25) is 0 Å². The molecule has 3 atom stereocenters. The van der Waals surface area contributed by atoms with Gasteiger partial charge in [-0.2, -0.15) is 0 Å². The third-order valence-corrected chi connectivity index (χ3v) is 3.41. The van der Waals surface area contributed by atoms with Crippen molar-refractivity contribution in [1.82, 2.24) is 4.90 Å². The summed E-state index contributed by atoms with van der Waals surface area (Å²) < 4.78 is 10.9. The average molecular weight is 258 g/mol. The average Bonchev–Trinajstić information content (AvgIpc) is 2.83. The number of carbonyl (C=O) groups is 1. The second-order valence-electron chi connectivity index (χ2n) is 5.19. The number of nitrogens with two attached hydrogens (primary N) is 1. The Hall–Kier alpha value is -0.650. The van der Waals surface area contributed by atoms with E-state index < -0.39 is 0 Å². The molecule has 0 aromatic rings. The summed E-state index contributed by atoms with van der Waals surface area (Å²) in [7, 11) is 1.66. The maximum atomic E-state index is 12.4. The second-order valence-corrected chi connectivity index (χ2v) is 5.19. The molecule has 0 bridgehead atoms. The first-order chi connectivity index (χ1) is 8.49. The van der Waals surface area contributed by atoms with E-state index in [0.717, 1.165) is 12.8 Å². The van der Waals surface area contributed by atoms with Gasteiger partial charge in [0, 0.05) is 26.2 Å². The molecule has 1 aliphatic heterocycles. The van der Waals surface area contributed by atoms with E-state index in [4.69, 9.17) is 15.2 Å². The van der Waals surface area contributed by atoms with Crippen LogP contribution in [0.3, 0.4) is 0 Å². The standard InChI is InChI=1S/C13H26N2O3/c1-9(2)15(8-10(3)17-4)13(16)12-6-5-11(7-14)18-12/h9-12H,5-8,14H2,1-4H3/t10?,11-,12+/m1/s1. The molecule has 0 aromatic heterocycles. The molecule has 1 amide bonds. The molecule has 0 aromatic carbocycles. The Balaban J connectivity index is 2.60. The van der Waals surface area contributed by atoms with Crippen LogP contribution in [0.25, 0.3) is 0 Å². The number of carbonyl (C=O) groups excluding carboxylic acids is 1. The van der Waals surface area contributed by atoms with Crippen LogP contribution in [0, 0.1) is 0 Å². The van der Waals surface area contributed by atoms with E-state index in [1.807, 2.05) is 25.7 Å². The highest BCUT2D eigenvalue weighted by Gasteiger charge is 2.34. The van der Waals surface area contributed by atoms with Crippen LogP contribution in [0.5, 0.6) is 0 Å². The molecule has 0 spiro atoms. The van der Waals surface area contributed by atoms with Crippen LogP contribution in [0.15, 0.2) is 0 Å². The van der Waals surface area contributed by atoms with Gasteiger partial charge in [-0.1, -0.05) is 0 Å². The molecule has 0 saturated carbocycles. The predicted molar refractivity (Wildman–Crippen MR) is 70.3 cm³/mol. The zero-order valence-electron chi connectivity index (χ0n) is 11.9. The molecule has 2 N–H and O–H groups in total. The van der Waals surface area contributed by atoms with Crippen LogP contribution >= 0.6 is 0 Å². The van der Waals surface area contributed by atoms with Gasteiger partial charge >= 0.3 is 0 Å². The van der Waals surface area contributed by atoms with Gasteiger partial charge in [0.1, 0.15) is 6.10 Å². The van der Waals surface area contributed by atoms with E-state index >= 15 is 0 Å². The largest absolute Gasteiger partial charge is 0.380 e. The number of ether oxygens (including phenoxy) is 2. The molecule has 18 heavy (non-hydrogen) atoms. The minimum Gasteiger partial charge on any atom is -0.380 e. The number of amides is 1. The zero-order chi connectivity index (χ0) is 13.7. The number of nitrogens with zero attached hydrogens (tertiary/aromatic N) is 1. The second kappa shape index (κ2) is 7.07. The summed E-state index contributed by atoms with van der Waals surface area (Å²) >= 11 is 0. The van der Waals surface area contributed by atoms with Crippen LogP contribution in [-0.2, 0) is 14.3 Å². The molecular formula is C13H26N2O3. The lowest BCUT2D eigenvalue weighted by Crippen LogP contribution is -2.46. The predicted octanol–water partition coefficient (Wildman–Crippen LogP) is 0.765. The van der Waals surface area contributed by atoms with Crippen molar-refractivity contribution in [3.05, 3.63) is 0 Å². The molecule has 0 aliphatic carbocycles. The molecule has 5 nitrogen and oxygen atoms in total. The van der Waals surface area contributed by atoms with E-state index in [2.05, 4.69) is 0 Å². The van der Waals surface area contributed by atoms with Crippen molar-refractivity contribution in [1.29, 1.82) is 0 Å². The van der Waals surface area contributed by atoms with Crippen molar-refractivity contribution in [3.63, 3.8) is 0 Å². The maximum absolute atomic E-state index is 12.4. The van der Waals surface area contributed by atoms with Gasteiger partial charge in [0.05, 0.1) is 12.2 Å². The third kappa shape index (κ3) is 3.93. The first-order valence-electron chi connectivity index (χ1n) is 6.68. The topological polar surface area (TPSA) is 64.8 Å². The summed E-state index contributed by atoms with van der Waals surface area (Å²) in [4.78, 5) is 14.2. The van der Waals surface area contributed by atoms with Crippen LogP contribution in [0.4, 0.5) is 0 Å². The van der Waals surface area contributed by atoms with Gasteiger partial charge < -0.3 is 20.1 Å². The first-order valence-corrected chi connectivity index (χ1v) is 6.68. The van der Waals surface area contributed by atoms with Gasteiger partial charge in [-0.15, -0.1) is 0 Å². The molecule has 1 fully saturated rings. The van der Waals surface area contributed by atoms with Crippen molar-refractivity contribution in [2.24, 2.45) is 5.73 Å². The van der Waals surface area contributed by atoms with Crippen LogP contribution in [-0.4, -0.2) is 55.4 Å². The smallest absolute Gasteiger partial charge is 0.252 e. The fourth-order valence-corrected chi connectivity index (χ4v) is 2.15. The summed E-state index contributed by atoms with van der Waals surface area (Å²) in [6.07, 6.45) is 1.38. The quantitative estimate of drug-likeness (QED) is 0.764. The van der Waals surface area contributed by atoms with Gasteiger partial charge in [0.25, 0.3) is 5.91 Å². The van der Waals surface area contributed by atoms with Crippen molar-refractivity contribution in [2.75, 3.05) is 20.2 Å². The molecular weight excluding hydrogens is 232 g/mol. The summed E-state index contributed by atoms with van der Waals surface area (Å²) in [5.41, 5.74) is 5.56. The van der Waals surface area contributed by atoms with E-state index in [-0.39, 0.29) is 30.3 Å². The molecule has 106 valence electrons. The minimum absolute atomic E-state index is 0.0306. The van der Waals surface area contributed by atoms with Crippen LogP contribution < -0.4 is 5.73 Å². The lowest BCUT2D eigenvalue weighted by molar-refractivity contribution is -0.146. The van der Waals surface area contributed by atoms with Gasteiger partial charge in [-0.3, -0.25) is 4.79 Å². The van der Waals surface area contributed by atoms with E-state index in [9.17, 15) is 4.79 Å². The van der Waals surface area contributed by atoms with Crippen LogP contribution in [0.2, 0.25) is 0 Å².